The number of nitrogens with zero attached hydrogens (tertiary/aromatic N) is 1. The molecule has 2 aromatic carbocycles. The molecular formula is C23H23ClN2O5. The van der Waals surface area contributed by atoms with Gasteiger partial charge in [-0.2, -0.15) is 0 Å². The molecule has 3 rings (SSSR count). The molecule has 0 fully saturated rings. The van der Waals surface area contributed by atoms with E-state index in [0.717, 1.165) is 11.3 Å². The first-order chi connectivity index (χ1) is 15.0. The van der Waals surface area contributed by atoms with Crippen LogP contribution in [0.4, 0.5) is 5.88 Å². The van der Waals surface area contributed by atoms with Gasteiger partial charge in [0.25, 0.3) is 0 Å². The second-order valence-corrected chi connectivity index (χ2v) is 7.21. The fourth-order valence-electron chi connectivity index (χ4n) is 2.82. The average Bonchev–Trinajstić information content (AvgIpc) is 3.16. The summed E-state index contributed by atoms with van der Waals surface area (Å²) >= 11 is 5.93. The maximum atomic E-state index is 12.5. The number of carbonyl (C=O) groups is 2. The molecule has 0 saturated carbocycles. The van der Waals surface area contributed by atoms with E-state index in [0.29, 0.717) is 23.6 Å². The standard InChI is InChI=1S/C23H23ClN2O5/c1-3-29-23(28)20-21(16-8-10-17(24)11-9-16)26-31-22(20)25-19(27)5-4-14-30-18-12-6-15(2)7-13-18/h6-13H,3-5,14H2,1-2H3,(H,25,27). The number of hydrogen-bond acceptors (Lipinski definition) is 6. The molecule has 7 nitrogen and oxygen atoms in total. The smallest absolute Gasteiger partial charge is 0.346 e. The zero-order valence-corrected chi connectivity index (χ0v) is 18.1. The number of rotatable bonds is 9. The van der Waals surface area contributed by atoms with Crippen molar-refractivity contribution in [2.45, 2.75) is 26.7 Å². The summed E-state index contributed by atoms with van der Waals surface area (Å²) in [4.78, 5) is 24.9. The Labute approximate surface area is 185 Å². The zero-order valence-electron chi connectivity index (χ0n) is 17.3. The summed E-state index contributed by atoms with van der Waals surface area (Å²) in [7, 11) is 0. The van der Waals surface area contributed by atoms with Crippen LogP contribution in [0.1, 0.15) is 35.7 Å². The molecule has 0 aliphatic heterocycles. The maximum absolute atomic E-state index is 12.5. The Morgan fingerprint density at radius 2 is 1.81 bits per heavy atom. The van der Waals surface area contributed by atoms with Crippen LogP contribution in [-0.4, -0.2) is 30.2 Å². The first kappa shape index (κ1) is 22.4. The topological polar surface area (TPSA) is 90.7 Å². The number of amides is 1. The Morgan fingerprint density at radius 1 is 1.10 bits per heavy atom. The summed E-state index contributed by atoms with van der Waals surface area (Å²) in [6.45, 7) is 4.25. The summed E-state index contributed by atoms with van der Waals surface area (Å²) in [6, 6.07) is 14.4. The van der Waals surface area contributed by atoms with E-state index in [-0.39, 0.29) is 36.1 Å². The number of halogens is 1. The molecule has 0 atom stereocenters. The van der Waals surface area contributed by atoms with Crippen molar-refractivity contribution in [2.24, 2.45) is 0 Å². The fourth-order valence-corrected chi connectivity index (χ4v) is 2.95. The molecule has 0 saturated heterocycles. The van der Waals surface area contributed by atoms with Gasteiger partial charge < -0.3 is 14.0 Å². The zero-order chi connectivity index (χ0) is 22.2. The van der Waals surface area contributed by atoms with Crippen molar-refractivity contribution in [2.75, 3.05) is 18.5 Å². The van der Waals surface area contributed by atoms with Crippen LogP contribution in [0.3, 0.4) is 0 Å². The van der Waals surface area contributed by atoms with E-state index in [2.05, 4.69) is 10.5 Å². The lowest BCUT2D eigenvalue weighted by molar-refractivity contribution is -0.116. The predicted octanol–water partition coefficient (Wildman–Crippen LogP) is 5.28. The molecule has 1 amide bonds. The summed E-state index contributed by atoms with van der Waals surface area (Å²) in [6.07, 6.45) is 0.678. The van der Waals surface area contributed by atoms with Gasteiger partial charge in [0.05, 0.1) is 13.2 Å². The molecule has 3 aromatic rings. The van der Waals surface area contributed by atoms with Crippen molar-refractivity contribution in [1.29, 1.82) is 0 Å². The molecule has 1 heterocycles. The molecule has 1 aromatic heterocycles. The summed E-state index contributed by atoms with van der Waals surface area (Å²) in [5, 5.41) is 7.11. The third kappa shape index (κ3) is 6.08. The van der Waals surface area contributed by atoms with Crippen molar-refractivity contribution in [1.82, 2.24) is 5.16 Å². The molecule has 0 unspecified atom stereocenters. The molecule has 8 heteroatoms. The van der Waals surface area contributed by atoms with Crippen molar-refractivity contribution >= 4 is 29.4 Å². The van der Waals surface area contributed by atoms with E-state index in [1.807, 2.05) is 31.2 Å². The second-order valence-electron chi connectivity index (χ2n) is 6.78. The van der Waals surface area contributed by atoms with Gasteiger partial charge in [0.2, 0.25) is 11.8 Å². The molecule has 0 spiro atoms. The highest BCUT2D eigenvalue weighted by atomic mass is 35.5. The van der Waals surface area contributed by atoms with Gasteiger partial charge in [0.15, 0.2) is 5.56 Å². The third-order valence-electron chi connectivity index (χ3n) is 4.38. The van der Waals surface area contributed by atoms with Crippen LogP contribution in [0.2, 0.25) is 5.02 Å². The molecule has 0 aliphatic rings. The Balaban J connectivity index is 1.64. The Bertz CT molecular complexity index is 1030. The van der Waals surface area contributed by atoms with Crippen LogP contribution in [0.25, 0.3) is 11.3 Å². The SMILES string of the molecule is CCOC(=O)c1c(-c2ccc(Cl)cc2)noc1NC(=O)CCCOc1ccc(C)cc1. The van der Waals surface area contributed by atoms with Crippen molar-refractivity contribution in [3.05, 3.63) is 64.7 Å². The van der Waals surface area contributed by atoms with Gasteiger partial charge in [0, 0.05) is 17.0 Å². The van der Waals surface area contributed by atoms with Gasteiger partial charge >= 0.3 is 5.97 Å². The van der Waals surface area contributed by atoms with Crippen LogP contribution in [0.5, 0.6) is 5.75 Å². The quantitative estimate of drug-likeness (QED) is 0.358. The average molecular weight is 443 g/mol. The van der Waals surface area contributed by atoms with Crippen molar-refractivity contribution in [3.63, 3.8) is 0 Å². The minimum Gasteiger partial charge on any atom is -0.494 e. The number of ether oxygens (including phenoxy) is 2. The summed E-state index contributed by atoms with van der Waals surface area (Å²) in [5.41, 5.74) is 2.10. The molecule has 162 valence electrons. The predicted molar refractivity (Wildman–Crippen MR) is 117 cm³/mol. The Hall–Kier alpha value is -3.32. The minimum absolute atomic E-state index is 0.0483. The van der Waals surface area contributed by atoms with Gasteiger partial charge in [-0.1, -0.05) is 46.6 Å². The van der Waals surface area contributed by atoms with Crippen molar-refractivity contribution in [3.8, 4) is 17.0 Å². The van der Waals surface area contributed by atoms with Gasteiger partial charge in [-0.25, -0.2) is 4.79 Å². The first-order valence-corrected chi connectivity index (χ1v) is 10.3. The monoisotopic (exact) mass is 442 g/mol. The van der Waals surface area contributed by atoms with Gasteiger partial charge in [-0.05, 0) is 44.5 Å². The normalized spacial score (nSPS) is 10.5. The van der Waals surface area contributed by atoms with Crippen LogP contribution >= 0.6 is 11.6 Å². The number of carbonyl (C=O) groups excluding carboxylic acids is 2. The molecule has 1 N–H and O–H groups in total. The highest BCUT2D eigenvalue weighted by Gasteiger charge is 2.26. The molecular weight excluding hydrogens is 420 g/mol. The van der Waals surface area contributed by atoms with Gasteiger partial charge in [0.1, 0.15) is 11.4 Å². The van der Waals surface area contributed by atoms with E-state index in [1.54, 1.807) is 31.2 Å². The fraction of sp³-hybridized carbons (Fsp3) is 0.261. The van der Waals surface area contributed by atoms with Crippen LogP contribution < -0.4 is 10.1 Å². The minimum atomic E-state index is -0.633. The van der Waals surface area contributed by atoms with Crippen LogP contribution in [0, 0.1) is 6.92 Å². The van der Waals surface area contributed by atoms with Gasteiger partial charge in [-0.15, -0.1) is 0 Å². The maximum Gasteiger partial charge on any atom is 0.346 e. The largest absolute Gasteiger partial charge is 0.494 e. The van der Waals surface area contributed by atoms with Gasteiger partial charge in [-0.3, -0.25) is 10.1 Å². The van der Waals surface area contributed by atoms with E-state index in [1.165, 1.54) is 0 Å². The number of nitrogens with one attached hydrogen (secondary N) is 1. The number of aryl methyl sites for hydroxylation is 1. The van der Waals surface area contributed by atoms with E-state index >= 15 is 0 Å². The molecule has 0 aliphatic carbocycles. The number of benzene rings is 2. The number of aromatic nitrogens is 1. The van der Waals surface area contributed by atoms with E-state index in [9.17, 15) is 9.59 Å². The highest BCUT2D eigenvalue weighted by Crippen LogP contribution is 2.30. The van der Waals surface area contributed by atoms with Crippen LogP contribution in [-0.2, 0) is 9.53 Å². The second kappa shape index (κ2) is 10.6. The number of esters is 1. The number of anilines is 1. The first-order valence-electron chi connectivity index (χ1n) is 9.90. The lowest BCUT2D eigenvalue weighted by Gasteiger charge is -2.07. The van der Waals surface area contributed by atoms with Crippen molar-refractivity contribution < 1.29 is 23.6 Å². The number of hydrogen-bond donors (Lipinski definition) is 1. The Morgan fingerprint density at radius 3 is 2.48 bits per heavy atom. The highest BCUT2D eigenvalue weighted by molar-refractivity contribution is 6.30. The molecule has 0 bridgehead atoms. The van der Waals surface area contributed by atoms with E-state index in [4.69, 9.17) is 25.6 Å². The Kier molecular flexibility index (Phi) is 7.67. The lowest BCUT2D eigenvalue weighted by Crippen LogP contribution is -2.15. The lowest BCUT2D eigenvalue weighted by atomic mass is 10.1. The summed E-state index contributed by atoms with van der Waals surface area (Å²) < 4.78 is 16.0. The molecule has 31 heavy (non-hydrogen) atoms. The molecule has 0 radical (unpaired) electrons. The summed E-state index contributed by atoms with van der Waals surface area (Å²) in [5.74, 6) is -0.255. The van der Waals surface area contributed by atoms with Crippen LogP contribution in [0.15, 0.2) is 53.1 Å². The third-order valence-corrected chi connectivity index (χ3v) is 4.63. The van der Waals surface area contributed by atoms with E-state index < -0.39 is 5.97 Å².